The van der Waals surface area contributed by atoms with Crippen molar-refractivity contribution in [1.82, 2.24) is 14.8 Å². The first-order valence-electron chi connectivity index (χ1n) is 6.36. The Morgan fingerprint density at radius 2 is 1.91 bits per heavy atom. The Morgan fingerprint density at radius 3 is 2.68 bits per heavy atom. The van der Waals surface area contributed by atoms with Gasteiger partial charge in [-0.2, -0.15) is 14.0 Å². The smallest absolute Gasteiger partial charge is 0.335 e. The van der Waals surface area contributed by atoms with Gasteiger partial charge in [-0.15, -0.1) is 5.10 Å². The SMILES string of the molecule is O=S1(c2ccccc2)=Nc2nc(O)nn2-c2ccc(Cl)cc21. The van der Waals surface area contributed by atoms with E-state index in [0.717, 1.165) is 0 Å². The molecular formula is C14H9ClN4O2S. The van der Waals surface area contributed by atoms with Gasteiger partial charge in [-0.25, -0.2) is 4.21 Å². The molecule has 1 atom stereocenters. The van der Waals surface area contributed by atoms with Crippen molar-refractivity contribution in [2.24, 2.45) is 4.36 Å². The summed E-state index contributed by atoms with van der Waals surface area (Å²) in [6.45, 7) is 0. The first-order valence-corrected chi connectivity index (χ1v) is 8.25. The van der Waals surface area contributed by atoms with Crippen LogP contribution in [0.15, 0.2) is 62.7 Å². The Bertz CT molecular complexity index is 1010. The summed E-state index contributed by atoms with van der Waals surface area (Å²) in [5.74, 6) is 0.0983. The molecule has 2 aromatic carbocycles. The van der Waals surface area contributed by atoms with Crippen LogP contribution in [0.5, 0.6) is 6.01 Å². The van der Waals surface area contributed by atoms with Crippen molar-refractivity contribution in [3.63, 3.8) is 0 Å². The molecule has 3 aromatic rings. The normalized spacial score (nSPS) is 19.1. The van der Waals surface area contributed by atoms with Crippen LogP contribution in [0.25, 0.3) is 5.69 Å². The van der Waals surface area contributed by atoms with Crippen LogP contribution < -0.4 is 0 Å². The van der Waals surface area contributed by atoms with Gasteiger partial charge in [0.15, 0.2) is 0 Å². The highest BCUT2D eigenvalue weighted by Crippen LogP contribution is 2.38. The second-order valence-electron chi connectivity index (χ2n) is 4.67. The third-order valence-electron chi connectivity index (χ3n) is 3.30. The van der Waals surface area contributed by atoms with Gasteiger partial charge < -0.3 is 5.11 Å². The van der Waals surface area contributed by atoms with E-state index >= 15 is 0 Å². The average Bonchev–Trinajstić information content (AvgIpc) is 2.88. The van der Waals surface area contributed by atoms with E-state index in [2.05, 4.69) is 14.4 Å². The number of nitrogens with zero attached hydrogens (tertiary/aromatic N) is 4. The molecular weight excluding hydrogens is 324 g/mol. The number of benzene rings is 2. The van der Waals surface area contributed by atoms with Crippen LogP contribution in [0.3, 0.4) is 0 Å². The molecule has 0 fully saturated rings. The van der Waals surface area contributed by atoms with Crippen molar-refractivity contribution < 1.29 is 9.32 Å². The molecule has 1 aromatic heterocycles. The third-order valence-corrected chi connectivity index (χ3v) is 5.79. The van der Waals surface area contributed by atoms with Gasteiger partial charge >= 0.3 is 6.01 Å². The zero-order valence-corrected chi connectivity index (χ0v) is 12.6. The van der Waals surface area contributed by atoms with Gasteiger partial charge in [-0.3, -0.25) is 0 Å². The summed E-state index contributed by atoms with van der Waals surface area (Å²) >= 11 is 6.06. The monoisotopic (exact) mass is 332 g/mol. The molecule has 0 amide bonds. The molecule has 1 aliphatic rings. The highest BCUT2D eigenvalue weighted by atomic mass is 35.5. The highest BCUT2D eigenvalue weighted by Gasteiger charge is 2.29. The predicted molar refractivity (Wildman–Crippen MR) is 81.2 cm³/mol. The molecule has 0 saturated heterocycles. The lowest BCUT2D eigenvalue weighted by molar-refractivity contribution is 0.430. The fourth-order valence-electron chi connectivity index (χ4n) is 2.35. The summed E-state index contributed by atoms with van der Waals surface area (Å²) in [5.41, 5.74) is 0.538. The second-order valence-corrected chi connectivity index (χ2v) is 7.25. The number of aromatic hydroxyl groups is 1. The van der Waals surface area contributed by atoms with Crippen LogP contribution >= 0.6 is 11.6 Å². The van der Waals surface area contributed by atoms with Crippen molar-refractivity contribution in [3.8, 4) is 11.7 Å². The van der Waals surface area contributed by atoms with Gasteiger partial charge in [0.25, 0.3) is 5.95 Å². The van der Waals surface area contributed by atoms with E-state index < -0.39 is 15.7 Å². The summed E-state index contributed by atoms with van der Waals surface area (Å²) in [5, 5.41) is 13.9. The molecule has 0 aliphatic carbocycles. The summed E-state index contributed by atoms with van der Waals surface area (Å²) in [7, 11) is -2.94. The molecule has 22 heavy (non-hydrogen) atoms. The third kappa shape index (κ3) is 1.83. The largest absolute Gasteiger partial charge is 0.478 e. The predicted octanol–water partition coefficient (Wildman–Crippen LogP) is 3.16. The van der Waals surface area contributed by atoms with Crippen molar-refractivity contribution in [2.75, 3.05) is 0 Å². The maximum atomic E-state index is 13.6. The maximum absolute atomic E-state index is 13.6. The lowest BCUT2D eigenvalue weighted by atomic mass is 10.3. The van der Waals surface area contributed by atoms with Gasteiger partial charge in [0.1, 0.15) is 9.73 Å². The Hall–Kier alpha value is -2.38. The van der Waals surface area contributed by atoms with Gasteiger partial charge in [0, 0.05) is 5.02 Å². The molecule has 0 radical (unpaired) electrons. The van der Waals surface area contributed by atoms with Crippen LogP contribution in [-0.2, 0) is 9.73 Å². The van der Waals surface area contributed by atoms with Gasteiger partial charge in [0.2, 0.25) is 0 Å². The van der Waals surface area contributed by atoms with Crippen molar-refractivity contribution in [3.05, 3.63) is 53.6 Å². The fourth-order valence-corrected chi connectivity index (χ4v) is 4.64. The molecule has 0 saturated carbocycles. The van der Waals surface area contributed by atoms with Crippen molar-refractivity contribution in [1.29, 1.82) is 0 Å². The minimum absolute atomic E-state index is 0.0983. The number of hydrogen-bond acceptors (Lipinski definition) is 5. The summed E-state index contributed by atoms with van der Waals surface area (Å²) in [4.78, 5) is 4.82. The quantitative estimate of drug-likeness (QED) is 0.580. The standard InChI is InChI=1S/C14H9ClN4O2S/c15-9-6-7-11-12(8-9)22(21,10-4-2-1-3-5-10)18-13-16-14(20)17-19(11)13/h1-8H,(H,17,20). The molecule has 0 spiro atoms. The van der Waals surface area contributed by atoms with E-state index in [4.69, 9.17) is 11.6 Å². The molecule has 1 aliphatic heterocycles. The van der Waals surface area contributed by atoms with Crippen LogP contribution in [-0.4, -0.2) is 24.1 Å². The molecule has 2 heterocycles. The Labute approximate surface area is 131 Å². The van der Waals surface area contributed by atoms with E-state index in [9.17, 15) is 9.32 Å². The van der Waals surface area contributed by atoms with E-state index in [1.807, 2.05) is 6.07 Å². The van der Waals surface area contributed by atoms with Crippen LogP contribution in [0.2, 0.25) is 5.02 Å². The number of fused-ring (bicyclic) bond motifs is 3. The molecule has 4 rings (SSSR count). The van der Waals surface area contributed by atoms with E-state index in [1.165, 1.54) is 4.68 Å². The van der Waals surface area contributed by atoms with Crippen LogP contribution in [0, 0.1) is 0 Å². The zero-order valence-electron chi connectivity index (χ0n) is 11.0. The highest BCUT2D eigenvalue weighted by molar-refractivity contribution is 7.94. The summed E-state index contributed by atoms with van der Waals surface area (Å²) in [6.07, 6.45) is 0. The van der Waals surface area contributed by atoms with Gasteiger partial charge in [0.05, 0.1) is 15.5 Å². The number of rotatable bonds is 1. The first-order chi connectivity index (χ1) is 10.6. The minimum Gasteiger partial charge on any atom is -0.478 e. The lowest BCUT2D eigenvalue weighted by Gasteiger charge is -2.19. The molecule has 0 bridgehead atoms. The molecule has 110 valence electrons. The topological polar surface area (TPSA) is 80.4 Å². The van der Waals surface area contributed by atoms with Crippen molar-refractivity contribution in [2.45, 2.75) is 9.79 Å². The minimum atomic E-state index is -2.94. The Balaban J connectivity index is 2.15. The average molecular weight is 333 g/mol. The number of halogens is 1. The zero-order chi connectivity index (χ0) is 15.3. The van der Waals surface area contributed by atoms with Crippen molar-refractivity contribution >= 4 is 27.3 Å². The number of aromatic nitrogens is 3. The van der Waals surface area contributed by atoms with E-state index in [1.54, 1.807) is 42.5 Å². The van der Waals surface area contributed by atoms with Gasteiger partial charge in [-0.1, -0.05) is 29.8 Å². The lowest BCUT2D eigenvalue weighted by Crippen LogP contribution is -2.13. The second kappa shape index (κ2) is 4.56. The number of hydrogen-bond donors (Lipinski definition) is 1. The Kier molecular flexibility index (Phi) is 2.75. The summed E-state index contributed by atoms with van der Waals surface area (Å²) in [6, 6.07) is 13.4. The van der Waals surface area contributed by atoms with E-state index in [0.29, 0.717) is 20.5 Å². The molecule has 1 unspecified atom stereocenters. The first kappa shape index (κ1) is 13.3. The molecule has 6 nitrogen and oxygen atoms in total. The fraction of sp³-hybridized carbons (Fsp3) is 0. The van der Waals surface area contributed by atoms with E-state index in [-0.39, 0.29) is 5.95 Å². The molecule has 8 heteroatoms. The van der Waals surface area contributed by atoms with Crippen LogP contribution in [0.4, 0.5) is 5.95 Å². The van der Waals surface area contributed by atoms with Gasteiger partial charge in [-0.05, 0) is 30.3 Å². The molecule has 1 N–H and O–H groups in total. The summed E-state index contributed by atoms with van der Waals surface area (Å²) < 4.78 is 19.2. The van der Waals surface area contributed by atoms with Crippen LogP contribution in [0.1, 0.15) is 0 Å². The Morgan fingerprint density at radius 1 is 1.14 bits per heavy atom. The maximum Gasteiger partial charge on any atom is 0.335 e.